The molecule has 0 bridgehead atoms. The standard InChI is InChI=1S/C50H30N2O2/c1-2-14-32(15-3-1)44-30-45(37-21-10-16-31-13-4-5-17-34(31)37)52-50(51-44)43-29-33(35-20-11-23-41-38-18-6-8-25-46(38)53-48(35)41)27-28-36(43)40-22-12-24-42-39-19-7-9-26-47(39)54-49(40)42/h1-30H. The van der Waals surface area contributed by atoms with Crippen LogP contribution >= 0.6 is 0 Å². The highest BCUT2D eigenvalue weighted by atomic mass is 16.3. The number of fused-ring (bicyclic) bond motifs is 7. The lowest BCUT2D eigenvalue weighted by Crippen LogP contribution is -1.98. The van der Waals surface area contributed by atoms with Crippen molar-refractivity contribution < 1.29 is 8.83 Å². The third kappa shape index (κ3) is 4.85. The van der Waals surface area contributed by atoms with E-state index in [0.717, 1.165) is 105 Å². The first-order chi connectivity index (χ1) is 26.8. The summed E-state index contributed by atoms with van der Waals surface area (Å²) in [7, 11) is 0. The van der Waals surface area contributed by atoms with Gasteiger partial charge in [-0.25, -0.2) is 9.97 Å². The number of aromatic nitrogens is 2. The molecule has 3 heterocycles. The van der Waals surface area contributed by atoms with Gasteiger partial charge < -0.3 is 8.83 Å². The van der Waals surface area contributed by atoms with Crippen molar-refractivity contribution in [1.29, 1.82) is 0 Å². The van der Waals surface area contributed by atoms with E-state index in [2.05, 4.69) is 152 Å². The molecule has 0 saturated carbocycles. The Morgan fingerprint density at radius 2 is 0.870 bits per heavy atom. The number of hydrogen-bond donors (Lipinski definition) is 0. The molecule has 54 heavy (non-hydrogen) atoms. The van der Waals surface area contributed by atoms with Gasteiger partial charge in [-0.3, -0.25) is 0 Å². The van der Waals surface area contributed by atoms with Gasteiger partial charge in [0.1, 0.15) is 22.3 Å². The van der Waals surface area contributed by atoms with E-state index in [1.807, 2.05) is 30.3 Å². The predicted molar refractivity (Wildman–Crippen MR) is 221 cm³/mol. The molecule has 0 fully saturated rings. The van der Waals surface area contributed by atoms with Crippen LogP contribution in [0.1, 0.15) is 0 Å². The molecule has 0 spiro atoms. The van der Waals surface area contributed by atoms with Crippen LogP contribution in [-0.2, 0) is 0 Å². The Bertz CT molecular complexity index is 3220. The monoisotopic (exact) mass is 690 g/mol. The first kappa shape index (κ1) is 30.3. The molecule has 8 aromatic carbocycles. The molecular formula is C50H30N2O2. The molecule has 0 aliphatic rings. The molecule has 0 radical (unpaired) electrons. The third-order valence-electron chi connectivity index (χ3n) is 10.5. The van der Waals surface area contributed by atoms with Gasteiger partial charge in [0.25, 0.3) is 0 Å². The van der Waals surface area contributed by atoms with Crippen molar-refractivity contribution >= 4 is 54.6 Å². The van der Waals surface area contributed by atoms with Crippen molar-refractivity contribution in [2.24, 2.45) is 0 Å². The highest BCUT2D eigenvalue weighted by Gasteiger charge is 2.21. The second kappa shape index (κ2) is 12.1. The summed E-state index contributed by atoms with van der Waals surface area (Å²) in [5.41, 5.74) is 12.1. The average Bonchev–Trinajstić information content (AvgIpc) is 3.82. The van der Waals surface area contributed by atoms with Gasteiger partial charge in [-0.15, -0.1) is 0 Å². The van der Waals surface area contributed by atoms with E-state index >= 15 is 0 Å². The Morgan fingerprint density at radius 3 is 1.63 bits per heavy atom. The number of benzene rings is 8. The summed E-state index contributed by atoms with van der Waals surface area (Å²) >= 11 is 0. The molecule has 3 aromatic heterocycles. The molecule has 4 heteroatoms. The largest absolute Gasteiger partial charge is 0.455 e. The lowest BCUT2D eigenvalue weighted by atomic mass is 9.92. The fraction of sp³-hybridized carbons (Fsp3) is 0. The van der Waals surface area contributed by atoms with Crippen molar-refractivity contribution in [1.82, 2.24) is 9.97 Å². The summed E-state index contributed by atoms with van der Waals surface area (Å²) in [4.78, 5) is 10.8. The van der Waals surface area contributed by atoms with Gasteiger partial charge >= 0.3 is 0 Å². The van der Waals surface area contributed by atoms with Crippen LogP contribution in [0.2, 0.25) is 0 Å². The molecule has 0 atom stereocenters. The van der Waals surface area contributed by atoms with E-state index in [9.17, 15) is 0 Å². The third-order valence-corrected chi connectivity index (χ3v) is 10.5. The van der Waals surface area contributed by atoms with Crippen molar-refractivity contribution in [3.63, 3.8) is 0 Å². The minimum atomic E-state index is 0.626. The molecule has 0 N–H and O–H groups in total. The molecule has 11 aromatic rings. The van der Waals surface area contributed by atoms with Crippen LogP contribution in [0.25, 0.3) is 111 Å². The van der Waals surface area contributed by atoms with E-state index in [4.69, 9.17) is 18.8 Å². The number of furan rings is 2. The van der Waals surface area contributed by atoms with Gasteiger partial charge in [0.2, 0.25) is 0 Å². The molecular weight excluding hydrogens is 661 g/mol. The van der Waals surface area contributed by atoms with Crippen LogP contribution < -0.4 is 0 Å². The van der Waals surface area contributed by atoms with Gasteiger partial charge in [-0.2, -0.15) is 0 Å². The van der Waals surface area contributed by atoms with E-state index in [1.54, 1.807) is 0 Å². The number of hydrogen-bond acceptors (Lipinski definition) is 4. The lowest BCUT2D eigenvalue weighted by molar-refractivity contribution is 0.669. The predicted octanol–water partition coefficient (Wildman–Crippen LogP) is 13.8. The second-order valence-corrected chi connectivity index (χ2v) is 13.7. The summed E-state index contributed by atoms with van der Waals surface area (Å²) in [6.07, 6.45) is 0. The molecule has 0 saturated heterocycles. The van der Waals surface area contributed by atoms with Crippen LogP contribution in [0.4, 0.5) is 0 Å². The van der Waals surface area contributed by atoms with Crippen molar-refractivity contribution in [2.75, 3.05) is 0 Å². The normalized spacial score (nSPS) is 11.7. The Kier molecular flexibility index (Phi) is 6.82. The minimum Gasteiger partial charge on any atom is -0.455 e. The van der Waals surface area contributed by atoms with Gasteiger partial charge in [0, 0.05) is 49.4 Å². The van der Waals surface area contributed by atoms with Crippen molar-refractivity contribution in [3.8, 4) is 56.2 Å². The van der Waals surface area contributed by atoms with Crippen LogP contribution in [-0.4, -0.2) is 9.97 Å². The van der Waals surface area contributed by atoms with Gasteiger partial charge in [-0.05, 0) is 46.2 Å². The Hall–Kier alpha value is -7.30. The Balaban J connectivity index is 1.22. The van der Waals surface area contributed by atoms with E-state index in [1.165, 1.54) is 0 Å². The Labute approximate surface area is 310 Å². The molecule has 0 amide bonds. The summed E-state index contributed by atoms with van der Waals surface area (Å²) in [6.45, 7) is 0. The smallest absolute Gasteiger partial charge is 0.161 e. The number of nitrogens with zero attached hydrogens (tertiary/aromatic N) is 2. The quantitative estimate of drug-likeness (QED) is 0.180. The molecule has 4 nitrogen and oxygen atoms in total. The zero-order valence-corrected chi connectivity index (χ0v) is 29.0. The van der Waals surface area contributed by atoms with Crippen molar-refractivity contribution in [2.45, 2.75) is 0 Å². The van der Waals surface area contributed by atoms with Crippen LogP contribution in [0.5, 0.6) is 0 Å². The lowest BCUT2D eigenvalue weighted by Gasteiger charge is -2.15. The van der Waals surface area contributed by atoms with Crippen LogP contribution in [0.15, 0.2) is 191 Å². The van der Waals surface area contributed by atoms with E-state index in [0.29, 0.717) is 5.82 Å². The first-order valence-electron chi connectivity index (χ1n) is 18.2. The Morgan fingerprint density at radius 1 is 0.315 bits per heavy atom. The second-order valence-electron chi connectivity index (χ2n) is 13.7. The fourth-order valence-corrected chi connectivity index (χ4v) is 7.98. The topological polar surface area (TPSA) is 52.1 Å². The maximum Gasteiger partial charge on any atom is 0.161 e. The summed E-state index contributed by atoms with van der Waals surface area (Å²) in [5.74, 6) is 0.626. The summed E-state index contributed by atoms with van der Waals surface area (Å²) < 4.78 is 13.2. The zero-order chi connectivity index (χ0) is 35.6. The fourth-order valence-electron chi connectivity index (χ4n) is 7.98. The maximum atomic E-state index is 6.61. The molecule has 0 unspecified atom stereocenters. The van der Waals surface area contributed by atoms with Crippen LogP contribution in [0.3, 0.4) is 0 Å². The zero-order valence-electron chi connectivity index (χ0n) is 29.0. The summed E-state index contributed by atoms with van der Waals surface area (Å²) in [5, 5.41) is 6.64. The average molecular weight is 691 g/mol. The molecule has 0 aliphatic heterocycles. The number of para-hydroxylation sites is 4. The van der Waals surface area contributed by atoms with Gasteiger partial charge in [0.05, 0.1) is 11.4 Å². The van der Waals surface area contributed by atoms with Gasteiger partial charge in [0.15, 0.2) is 5.82 Å². The first-order valence-corrected chi connectivity index (χ1v) is 18.2. The van der Waals surface area contributed by atoms with E-state index in [-0.39, 0.29) is 0 Å². The van der Waals surface area contributed by atoms with Crippen LogP contribution in [0, 0.1) is 0 Å². The van der Waals surface area contributed by atoms with Crippen molar-refractivity contribution in [3.05, 3.63) is 182 Å². The van der Waals surface area contributed by atoms with Gasteiger partial charge in [-0.1, -0.05) is 158 Å². The van der Waals surface area contributed by atoms with E-state index < -0.39 is 0 Å². The highest BCUT2D eigenvalue weighted by molar-refractivity contribution is 6.12. The highest BCUT2D eigenvalue weighted by Crippen LogP contribution is 2.43. The molecule has 252 valence electrons. The summed E-state index contributed by atoms with van der Waals surface area (Å²) in [6, 6.07) is 63.1. The minimum absolute atomic E-state index is 0.626. The SMILES string of the molecule is c1ccc(-c2cc(-c3cccc4ccccc34)nc(-c3cc(-c4cccc5c4oc4ccccc45)ccc3-c3cccc4c3oc3ccccc34)n2)cc1. The maximum absolute atomic E-state index is 6.61. The molecule has 0 aliphatic carbocycles. The number of rotatable bonds is 5. The molecule has 11 rings (SSSR count).